The predicted octanol–water partition coefficient (Wildman–Crippen LogP) is -1.09. The summed E-state index contributed by atoms with van der Waals surface area (Å²) in [5.41, 5.74) is 11.5. The molecule has 1 aliphatic heterocycles. The predicted molar refractivity (Wildman–Crippen MR) is 118 cm³/mol. The van der Waals surface area contributed by atoms with E-state index in [1.807, 2.05) is 13.8 Å². The van der Waals surface area contributed by atoms with Gasteiger partial charge in [-0.15, -0.1) is 0 Å². The molecule has 1 aliphatic rings. The van der Waals surface area contributed by atoms with Crippen LogP contribution in [0.3, 0.4) is 0 Å². The lowest BCUT2D eigenvalue weighted by atomic mass is 9.98. The molecule has 1 rings (SSSR count). The maximum Gasteiger partial charge on any atom is 0.326 e. The largest absolute Gasteiger partial charge is 0.480 e. The number of nitrogens with zero attached hydrogens (tertiary/aromatic N) is 1. The molecular formula is C21H39N5O6. The van der Waals surface area contributed by atoms with Crippen LogP contribution in [0.25, 0.3) is 0 Å². The second kappa shape index (κ2) is 13.3. The molecule has 3 amide bonds. The van der Waals surface area contributed by atoms with Gasteiger partial charge in [-0.2, -0.15) is 0 Å². The highest BCUT2D eigenvalue weighted by atomic mass is 16.4. The average Bonchev–Trinajstić information content (AvgIpc) is 3.24. The molecule has 11 nitrogen and oxygen atoms in total. The van der Waals surface area contributed by atoms with Crippen LogP contribution in [0.1, 0.15) is 59.3 Å². The van der Waals surface area contributed by atoms with Crippen molar-refractivity contribution in [1.82, 2.24) is 15.5 Å². The number of rotatable bonds is 13. The number of aliphatic hydroxyl groups is 1. The molecule has 1 fully saturated rings. The number of nitrogens with two attached hydrogens (primary N) is 2. The molecule has 32 heavy (non-hydrogen) atoms. The van der Waals surface area contributed by atoms with Crippen molar-refractivity contribution in [2.45, 2.75) is 89.6 Å². The van der Waals surface area contributed by atoms with E-state index in [0.29, 0.717) is 38.8 Å². The molecule has 1 heterocycles. The molecule has 0 aliphatic carbocycles. The minimum atomic E-state index is -1.36. The number of amides is 3. The summed E-state index contributed by atoms with van der Waals surface area (Å²) in [5, 5.41) is 24.3. The summed E-state index contributed by atoms with van der Waals surface area (Å²) in [7, 11) is 0. The fourth-order valence-corrected chi connectivity index (χ4v) is 3.66. The summed E-state index contributed by atoms with van der Waals surface area (Å²) in [6.45, 7) is 5.91. The number of carbonyl (C=O) groups excluding carboxylic acids is 3. The molecule has 184 valence electrons. The zero-order chi connectivity index (χ0) is 24.4. The van der Waals surface area contributed by atoms with Crippen molar-refractivity contribution in [2.75, 3.05) is 13.1 Å². The third kappa shape index (κ3) is 7.72. The second-order valence-electron chi connectivity index (χ2n) is 8.51. The van der Waals surface area contributed by atoms with Crippen molar-refractivity contribution in [1.29, 1.82) is 0 Å². The number of aliphatic carboxylic acids is 1. The van der Waals surface area contributed by atoms with Crippen molar-refractivity contribution >= 4 is 23.7 Å². The van der Waals surface area contributed by atoms with Crippen LogP contribution in [-0.4, -0.2) is 82.2 Å². The summed E-state index contributed by atoms with van der Waals surface area (Å²) < 4.78 is 0. The molecule has 8 N–H and O–H groups in total. The van der Waals surface area contributed by atoms with E-state index in [2.05, 4.69) is 10.6 Å². The third-order valence-corrected chi connectivity index (χ3v) is 6.00. The maximum absolute atomic E-state index is 12.9. The van der Waals surface area contributed by atoms with E-state index in [9.17, 15) is 29.4 Å². The van der Waals surface area contributed by atoms with Crippen molar-refractivity contribution in [3.05, 3.63) is 0 Å². The van der Waals surface area contributed by atoms with E-state index >= 15 is 0 Å². The molecule has 0 aromatic rings. The SMILES string of the molecule is CCC(C)C(N)C(=O)N1CCCC1C(=O)NC(C(=O)NC(CCCCN)C(=O)O)C(C)O. The van der Waals surface area contributed by atoms with Gasteiger partial charge in [0.1, 0.15) is 18.1 Å². The normalized spacial score (nSPS) is 20.7. The minimum Gasteiger partial charge on any atom is -0.480 e. The quantitative estimate of drug-likeness (QED) is 0.188. The Kier molecular flexibility index (Phi) is 11.6. The molecule has 0 saturated carbocycles. The van der Waals surface area contributed by atoms with E-state index in [-0.39, 0.29) is 18.2 Å². The van der Waals surface area contributed by atoms with Gasteiger partial charge in [-0.25, -0.2) is 4.79 Å². The first-order valence-electron chi connectivity index (χ1n) is 11.3. The number of hydrogen-bond acceptors (Lipinski definition) is 7. The van der Waals surface area contributed by atoms with Gasteiger partial charge in [-0.05, 0) is 51.5 Å². The Labute approximate surface area is 189 Å². The monoisotopic (exact) mass is 457 g/mol. The molecule has 6 atom stereocenters. The Morgan fingerprint density at radius 3 is 2.34 bits per heavy atom. The van der Waals surface area contributed by atoms with Crippen LogP contribution in [0.15, 0.2) is 0 Å². The second-order valence-corrected chi connectivity index (χ2v) is 8.51. The van der Waals surface area contributed by atoms with Gasteiger partial charge in [-0.1, -0.05) is 20.3 Å². The fourth-order valence-electron chi connectivity index (χ4n) is 3.66. The average molecular weight is 458 g/mol. The molecule has 6 unspecified atom stereocenters. The third-order valence-electron chi connectivity index (χ3n) is 6.00. The van der Waals surface area contributed by atoms with Gasteiger partial charge in [0.05, 0.1) is 12.1 Å². The van der Waals surface area contributed by atoms with Gasteiger partial charge in [0.2, 0.25) is 17.7 Å². The van der Waals surface area contributed by atoms with E-state index in [4.69, 9.17) is 11.5 Å². The number of carboxylic acids is 1. The first-order valence-corrected chi connectivity index (χ1v) is 11.3. The summed E-state index contributed by atoms with van der Waals surface area (Å²) >= 11 is 0. The van der Waals surface area contributed by atoms with E-state index in [1.165, 1.54) is 11.8 Å². The molecule has 11 heteroatoms. The highest BCUT2D eigenvalue weighted by molar-refractivity contribution is 5.94. The van der Waals surface area contributed by atoms with Gasteiger partial charge in [0.15, 0.2) is 0 Å². The number of nitrogens with one attached hydrogen (secondary N) is 2. The minimum absolute atomic E-state index is 0.0463. The highest BCUT2D eigenvalue weighted by Gasteiger charge is 2.39. The van der Waals surface area contributed by atoms with Crippen molar-refractivity contribution in [2.24, 2.45) is 17.4 Å². The maximum atomic E-state index is 12.9. The van der Waals surface area contributed by atoms with Crippen LogP contribution in [-0.2, 0) is 19.2 Å². The lowest BCUT2D eigenvalue weighted by Gasteiger charge is -2.30. The number of carbonyl (C=O) groups is 4. The lowest BCUT2D eigenvalue weighted by molar-refractivity contribution is -0.144. The van der Waals surface area contributed by atoms with Crippen molar-refractivity contribution < 1.29 is 29.4 Å². The molecule has 0 aromatic carbocycles. The van der Waals surface area contributed by atoms with Gasteiger partial charge in [0, 0.05) is 6.54 Å². The Morgan fingerprint density at radius 1 is 1.16 bits per heavy atom. The van der Waals surface area contributed by atoms with Crippen LogP contribution >= 0.6 is 0 Å². The van der Waals surface area contributed by atoms with Crippen LogP contribution in [0.4, 0.5) is 0 Å². The van der Waals surface area contributed by atoms with Crippen molar-refractivity contribution in [3.8, 4) is 0 Å². The van der Waals surface area contributed by atoms with Crippen molar-refractivity contribution in [3.63, 3.8) is 0 Å². The molecule has 0 radical (unpaired) electrons. The van der Waals surface area contributed by atoms with Gasteiger partial charge >= 0.3 is 5.97 Å². The Morgan fingerprint density at radius 2 is 1.81 bits per heavy atom. The summed E-state index contributed by atoms with van der Waals surface area (Å²) in [4.78, 5) is 51.2. The first-order chi connectivity index (χ1) is 15.0. The number of likely N-dealkylation sites (tertiary alicyclic amines) is 1. The van der Waals surface area contributed by atoms with E-state index < -0.39 is 48.1 Å². The van der Waals surface area contributed by atoms with Crippen LogP contribution in [0.2, 0.25) is 0 Å². The van der Waals surface area contributed by atoms with Gasteiger partial charge in [-0.3, -0.25) is 14.4 Å². The molecular weight excluding hydrogens is 418 g/mol. The van der Waals surface area contributed by atoms with Gasteiger partial charge in [0.25, 0.3) is 0 Å². The fraction of sp³-hybridized carbons (Fsp3) is 0.810. The Balaban J connectivity index is 2.85. The van der Waals surface area contributed by atoms with Gasteiger partial charge < -0.3 is 37.2 Å². The number of carboxylic acid groups (broad SMARTS) is 1. The molecule has 0 bridgehead atoms. The zero-order valence-corrected chi connectivity index (χ0v) is 19.3. The Bertz CT molecular complexity index is 659. The topological polar surface area (TPSA) is 188 Å². The first kappa shape index (κ1) is 27.8. The summed E-state index contributed by atoms with van der Waals surface area (Å²) in [6.07, 6.45) is 1.77. The highest BCUT2D eigenvalue weighted by Crippen LogP contribution is 2.21. The Hall–Kier alpha value is -2.24. The summed E-state index contributed by atoms with van der Waals surface area (Å²) in [6, 6.07) is -4.05. The number of hydrogen-bond donors (Lipinski definition) is 6. The summed E-state index contributed by atoms with van der Waals surface area (Å²) in [5.74, 6) is -2.96. The van der Waals surface area contributed by atoms with Crippen LogP contribution in [0.5, 0.6) is 0 Å². The molecule has 0 spiro atoms. The standard InChI is InChI=1S/C21H39N5O6/c1-4-12(2)16(23)20(30)26-11-7-9-15(26)18(28)25-17(13(3)27)19(29)24-14(21(31)32)8-5-6-10-22/h12-17,27H,4-11,22-23H2,1-3H3,(H,24,29)(H,25,28)(H,31,32). The smallest absolute Gasteiger partial charge is 0.326 e. The molecule has 0 aromatic heterocycles. The van der Waals surface area contributed by atoms with E-state index in [0.717, 1.165) is 6.42 Å². The van der Waals surface area contributed by atoms with E-state index in [1.54, 1.807) is 0 Å². The molecule has 1 saturated heterocycles. The zero-order valence-electron chi connectivity index (χ0n) is 19.3. The number of unbranched alkanes of at least 4 members (excludes halogenated alkanes) is 1. The van der Waals surface area contributed by atoms with Crippen LogP contribution < -0.4 is 22.1 Å². The van der Waals surface area contributed by atoms with Crippen LogP contribution in [0, 0.1) is 5.92 Å². The number of aliphatic hydroxyl groups excluding tert-OH is 1. The lowest BCUT2D eigenvalue weighted by Crippen LogP contribution is -2.59.